The Labute approximate surface area is 491 Å². The fraction of sp³-hybridized carbons (Fsp3) is 0.533. The Morgan fingerprint density at radius 1 is 0.735 bits per heavy atom. The van der Waals surface area contributed by atoms with E-state index in [9.17, 15) is 41.1 Å². The number of aliphatic carboxylic acids is 1. The minimum atomic E-state index is -2.30. The molecule has 6 aromatic rings. The van der Waals surface area contributed by atoms with Crippen molar-refractivity contribution < 1.29 is 47.6 Å². The number of nitrogens with zero attached hydrogens (tertiary/aromatic N) is 7. The maximum Gasteiger partial charge on any atom is 0.372 e. The van der Waals surface area contributed by atoms with Crippen LogP contribution < -0.4 is 22.1 Å². The summed E-state index contributed by atoms with van der Waals surface area (Å²) in [5.74, 6) is -0.974. The standard InChI is InChI=1S/C29H36F2N6O2S.C20H27F2N3S.C10H12N2O3.CH3F/c1-3-18-12-21(14-33-26(18)32)34-27(38)29(39)37-15-17(2)4-6-23(37)20-5-7-24-22(13-20)35-28(40-24)19-8-10-36(11-9-19)16-25(30)31;1-13-2-4-16(23-11-13)15-3-5-18-17(10-15)24-20(26-18)14-6-8-25(9-7-14)12-19(21)22;1-2-7-3-6(5-12-9(7)11)4-8(13)10(14)15;1-2/h5,7,12-14,17,19,23,25H,3-4,6,8-11,15-16H2,1-2H3,(H2,32,33)(H,34,38);3,5,10,13-14,16,19,23H,2,4,6-9,11-12H2,1H3;3,5H,2,4H2,1H3,(H2,11,12)(H,14,15);1H3/t17-,23+;13-,16+;;/m00../s1/i;;;1D. The molecule has 4 saturated heterocycles. The number of rotatable bonds is 14. The molecule has 0 unspecified atom stereocenters. The number of alkyl halides is 5. The summed E-state index contributed by atoms with van der Waals surface area (Å²) in [6.07, 6.45) is 7.26. The first-order valence-corrected chi connectivity index (χ1v) is 30.1. The van der Waals surface area contributed by atoms with E-state index in [-0.39, 0.29) is 37.4 Å². The van der Waals surface area contributed by atoms with Crippen LogP contribution in [0.4, 0.5) is 39.3 Å². The lowest BCUT2D eigenvalue weighted by atomic mass is 9.89. The number of nitrogens with two attached hydrogens (primary N) is 2. The second-order valence-electron chi connectivity index (χ2n) is 22.0. The van der Waals surface area contributed by atoms with Gasteiger partial charge in [0.25, 0.3) is 12.9 Å². The van der Waals surface area contributed by atoms with Crippen LogP contribution >= 0.6 is 22.7 Å². The first-order chi connectivity index (χ1) is 40.2. The Balaban J connectivity index is 0.000000196. The summed E-state index contributed by atoms with van der Waals surface area (Å²) in [7, 11) is -1.00. The zero-order valence-electron chi connectivity index (χ0n) is 48.6. The number of amides is 2. The van der Waals surface area contributed by atoms with Gasteiger partial charge in [-0.3, -0.25) is 28.6 Å². The van der Waals surface area contributed by atoms with Gasteiger partial charge in [-0.15, -0.1) is 22.7 Å². The highest BCUT2D eigenvalue weighted by molar-refractivity contribution is 7.19. The quantitative estimate of drug-likeness (QED) is 0.0505. The third-order valence-corrected chi connectivity index (χ3v) is 18.3. The fourth-order valence-electron chi connectivity index (χ4n) is 11.2. The normalized spacial score (nSPS) is 20.2. The number of carboxylic acid groups (broad SMARTS) is 1. The minimum Gasteiger partial charge on any atom is -0.475 e. The van der Waals surface area contributed by atoms with Crippen LogP contribution in [0, 0.1) is 11.8 Å². The summed E-state index contributed by atoms with van der Waals surface area (Å²) < 4.78 is 68.4. The number of ketones is 1. The van der Waals surface area contributed by atoms with Crippen molar-refractivity contribution in [2.45, 2.75) is 135 Å². The summed E-state index contributed by atoms with van der Waals surface area (Å²) in [4.78, 5) is 71.0. The fourth-order valence-corrected chi connectivity index (χ4v) is 13.5. The molecule has 0 spiro atoms. The molecule has 2 aromatic carbocycles. The van der Waals surface area contributed by atoms with Gasteiger partial charge in [0.1, 0.15) is 11.6 Å². The Morgan fingerprint density at radius 2 is 1.25 bits per heavy atom. The molecular formula is C60H78F5N11O5S2. The predicted molar refractivity (Wildman–Crippen MR) is 318 cm³/mol. The van der Waals surface area contributed by atoms with Crippen LogP contribution in [0.3, 0.4) is 0 Å². The molecule has 8 heterocycles. The lowest BCUT2D eigenvalue weighted by molar-refractivity contribution is -0.148. The number of halogens is 5. The van der Waals surface area contributed by atoms with Gasteiger partial charge in [-0.05, 0) is 167 Å². The molecule has 4 fully saturated rings. The minimum absolute atomic E-state index is 0.0943. The molecular weight excluding hydrogens is 1110 g/mol. The maximum absolute atomic E-state index is 13.4. The van der Waals surface area contributed by atoms with Gasteiger partial charge < -0.3 is 32.1 Å². The lowest BCUT2D eigenvalue weighted by Crippen LogP contribution is -2.46. The van der Waals surface area contributed by atoms with Gasteiger partial charge in [0.05, 0.1) is 70.0 Å². The summed E-state index contributed by atoms with van der Waals surface area (Å²) in [5, 5.41) is 17.0. The third kappa shape index (κ3) is 17.6. The van der Waals surface area contributed by atoms with Crippen LogP contribution in [-0.2, 0) is 38.4 Å². The van der Waals surface area contributed by atoms with E-state index in [1.165, 1.54) is 40.5 Å². The second-order valence-corrected chi connectivity index (χ2v) is 24.1. The molecule has 7 N–H and O–H groups in total. The molecule has 0 saturated carbocycles. The number of benzene rings is 2. The Bertz CT molecular complexity index is 3150. The topological polar surface area (TPSA) is 226 Å². The van der Waals surface area contributed by atoms with Crippen molar-refractivity contribution in [3.05, 3.63) is 98.8 Å². The maximum atomic E-state index is 13.4. The molecule has 4 atom stereocenters. The number of carboxylic acids is 1. The number of thiazole rings is 2. The molecule has 0 aliphatic carbocycles. The zero-order chi connectivity index (χ0) is 60.6. The van der Waals surface area contributed by atoms with Gasteiger partial charge >= 0.3 is 17.8 Å². The zero-order valence-corrected chi connectivity index (χ0v) is 49.2. The molecule has 23 heteroatoms. The Kier molecular flexibility index (Phi) is 23.1. The first kappa shape index (κ1) is 62.8. The van der Waals surface area contributed by atoms with Gasteiger partial charge in [-0.2, -0.15) is 0 Å². The van der Waals surface area contributed by atoms with Crippen molar-refractivity contribution in [2.75, 3.05) is 76.3 Å². The van der Waals surface area contributed by atoms with E-state index in [4.69, 9.17) is 27.9 Å². The highest BCUT2D eigenvalue weighted by Gasteiger charge is 2.35. The number of carbonyl (C=O) groups is 4. The molecule has 4 aliphatic rings. The number of nitrogen functional groups attached to an aromatic ring is 2. The number of carbonyl (C=O) groups excluding carboxylic acids is 3. The van der Waals surface area contributed by atoms with Gasteiger partial charge in [0.2, 0.25) is 5.78 Å². The van der Waals surface area contributed by atoms with E-state index in [2.05, 4.69) is 52.6 Å². The van der Waals surface area contributed by atoms with Gasteiger partial charge in [-0.1, -0.05) is 45.9 Å². The van der Waals surface area contributed by atoms with E-state index in [1.54, 1.807) is 39.7 Å². The highest BCUT2D eigenvalue weighted by atomic mass is 32.1. The van der Waals surface area contributed by atoms with Crippen molar-refractivity contribution in [1.82, 2.24) is 40.0 Å². The summed E-state index contributed by atoms with van der Waals surface area (Å²) in [6.45, 7) is 12.4. The predicted octanol–water partition coefficient (Wildman–Crippen LogP) is 11.0. The molecule has 2 amide bonds. The lowest BCUT2D eigenvalue weighted by Gasteiger charge is -2.38. The van der Waals surface area contributed by atoms with E-state index < -0.39 is 43.6 Å². The average molecular weight is 1190 g/mol. The van der Waals surface area contributed by atoms with Crippen molar-refractivity contribution in [3.63, 3.8) is 0 Å². The monoisotopic (exact) mass is 1190 g/mol. The van der Waals surface area contributed by atoms with E-state index >= 15 is 0 Å². The number of fused-ring (bicyclic) bond motifs is 2. The molecule has 16 nitrogen and oxygen atoms in total. The number of nitrogens with one attached hydrogen (secondary N) is 2. The number of likely N-dealkylation sites (tertiary alicyclic amines) is 3. The number of pyridine rings is 2. The molecule has 0 radical (unpaired) electrons. The van der Waals surface area contributed by atoms with Crippen molar-refractivity contribution in [1.29, 1.82) is 0 Å². The van der Waals surface area contributed by atoms with E-state index in [0.717, 1.165) is 102 Å². The van der Waals surface area contributed by atoms with Crippen molar-refractivity contribution in [3.8, 4) is 0 Å². The summed E-state index contributed by atoms with van der Waals surface area (Å²) >= 11 is 3.43. The number of aromatic nitrogens is 4. The van der Waals surface area contributed by atoms with Crippen molar-refractivity contribution in [2.24, 2.45) is 11.8 Å². The number of hydrogen-bond donors (Lipinski definition) is 5. The molecule has 450 valence electrons. The van der Waals surface area contributed by atoms with Gasteiger partial charge in [-0.25, -0.2) is 42.3 Å². The van der Waals surface area contributed by atoms with Crippen LogP contribution in [-0.4, -0.2) is 136 Å². The Hall–Kier alpha value is -6.27. The van der Waals surface area contributed by atoms with Crippen LogP contribution in [0.2, 0.25) is 0 Å². The molecule has 4 aromatic heterocycles. The summed E-state index contributed by atoms with van der Waals surface area (Å²) in [6, 6.07) is 16.5. The SMILES string of the molecule is CCc1cc(CC(=O)C(=O)O)cnc1N.CCc1cc(NC(=O)C(=O)N2C[C@@H](C)CC[C@@H]2c2ccc3sc(C4CCN(CC(F)F)CC4)nc3c2)cnc1N.C[C@H]1CC[C@H](c2ccc3sc(C4CCN(CC(F)F)CC4)nc3c2)NC1.[2H]CF. The van der Waals surface area contributed by atoms with Crippen LogP contribution in [0.25, 0.3) is 20.4 Å². The largest absolute Gasteiger partial charge is 0.475 e. The van der Waals surface area contributed by atoms with E-state index in [0.29, 0.717) is 67.3 Å². The molecule has 10 rings (SSSR count). The molecule has 4 aliphatic heterocycles. The molecule has 0 bridgehead atoms. The number of Topliss-reactive ketones (excluding diaryl/α,β-unsaturated/α-hetero) is 1. The smallest absolute Gasteiger partial charge is 0.372 e. The average Bonchev–Trinajstić information content (AvgIpc) is 3.83. The number of hydrogen-bond acceptors (Lipinski definition) is 15. The van der Waals surface area contributed by atoms with Crippen LogP contribution in [0.15, 0.2) is 60.9 Å². The second kappa shape index (κ2) is 30.5. The van der Waals surface area contributed by atoms with Gasteiger partial charge in [0.15, 0.2) is 0 Å². The number of anilines is 3. The molecule has 83 heavy (non-hydrogen) atoms. The van der Waals surface area contributed by atoms with E-state index in [1.807, 2.05) is 41.8 Å². The van der Waals surface area contributed by atoms with Crippen LogP contribution in [0.1, 0.15) is 142 Å². The number of aryl methyl sites for hydroxylation is 2. The van der Waals surface area contributed by atoms with Gasteiger partial charge in [0, 0.05) is 37.0 Å². The van der Waals surface area contributed by atoms with Crippen molar-refractivity contribution >= 4 is 84.0 Å². The summed E-state index contributed by atoms with van der Waals surface area (Å²) in [5.41, 5.74) is 18.4. The third-order valence-electron chi connectivity index (χ3n) is 15.9. The first-order valence-electron chi connectivity index (χ1n) is 29.2. The number of piperidine rings is 4. The highest BCUT2D eigenvalue weighted by Crippen LogP contribution is 2.39. The Morgan fingerprint density at radius 3 is 1.77 bits per heavy atom. The van der Waals surface area contributed by atoms with Crippen LogP contribution in [0.5, 0.6) is 0 Å².